The first-order valence-electron chi connectivity index (χ1n) is 7.51. The van der Waals surface area contributed by atoms with Gasteiger partial charge in [0.25, 0.3) is 0 Å². The average Bonchev–Trinajstić information content (AvgIpc) is 2.59. The van der Waals surface area contributed by atoms with Crippen molar-refractivity contribution in [2.45, 2.75) is 20.0 Å². The fraction of sp³-hybridized carbons (Fsp3) is 0.167. The summed E-state index contributed by atoms with van der Waals surface area (Å²) in [5, 5.41) is 7.25. The number of para-hydroxylation sites is 1. The first-order valence-corrected chi connectivity index (χ1v) is 7.51. The van der Waals surface area contributed by atoms with Crippen LogP contribution in [-0.2, 0) is 17.9 Å². The molecule has 6 heteroatoms. The van der Waals surface area contributed by atoms with Crippen LogP contribution < -0.4 is 10.7 Å². The van der Waals surface area contributed by atoms with Gasteiger partial charge in [-0.1, -0.05) is 24.3 Å². The monoisotopic (exact) mass is 325 g/mol. The fourth-order valence-electron chi connectivity index (χ4n) is 2.43. The highest BCUT2D eigenvalue weighted by molar-refractivity contribution is 5.81. The molecule has 5 nitrogen and oxygen atoms in total. The van der Waals surface area contributed by atoms with Gasteiger partial charge < -0.3 is 5.32 Å². The Bertz CT molecular complexity index is 966. The zero-order chi connectivity index (χ0) is 17.1. The van der Waals surface area contributed by atoms with Gasteiger partial charge in [-0.2, -0.15) is 5.10 Å². The molecule has 24 heavy (non-hydrogen) atoms. The van der Waals surface area contributed by atoms with Crippen LogP contribution in [0.2, 0.25) is 0 Å². The van der Waals surface area contributed by atoms with Crippen molar-refractivity contribution in [2.75, 3.05) is 0 Å². The standard InChI is InChI=1S/C18H16FN3O2/c1-12-6-7-13(8-15(12)19)9-20-18(24)11-22-16-5-3-2-4-14(16)17(23)10-21-22/h2-8,10H,9,11H2,1H3,(H,20,24). The number of halogens is 1. The largest absolute Gasteiger partial charge is 0.350 e. The van der Waals surface area contributed by atoms with Crippen molar-refractivity contribution in [3.63, 3.8) is 0 Å². The van der Waals surface area contributed by atoms with E-state index in [1.54, 1.807) is 43.3 Å². The lowest BCUT2D eigenvalue weighted by molar-refractivity contribution is -0.121. The lowest BCUT2D eigenvalue weighted by atomic mass is 10.1. The molecule has 2 aromatic carbocycles. The first-order chi connectivity index (χ1) is 11.5. The Kier molecular flexibility index (Phi) is 4.37. The van der Waals surface area contributed by atoms with Crippen LogP contribution in [0, 0.1) is 12.7 Å². The molecule has 1 heterocycles. The summed E-state index contributed by atoms with van der Waals surface area (Å²) in [6.45, 7) is 1.90. The van der Waals surface area contributed by atoms with E-state index in [4.69, 9.17) is 0 Å². The van der Waals surface area contributed by atoms with E-state index >= 15 is 0 Å². The Morgan fingerprint density at radius 3 is 2.83 bits per heavy atom. The highest BCUT2D eigenvalue weighted by atomic mass is 19.1. The summed E-state index contributed by atoms with van der Waals surface area (Å²) in [6.07, 6.45) is 1.20. The number of hydrogen-bond donors (Lipinski definition) is 1. The lowest BCUT2D eigenvalue weighted by Gasteiger charge is -2.10. The summed E-state index contributed by atoms with van der Waals surface area (Å²) in [5.74, 6) is -0.563. The minimum atomic E-state index is -0.296. The third kappa shape index (κ3) is 3.32. The van der Waals surface area contributed by atoms with Crippen molar-refractivity contribution in [2.24, 2.45) is 0 Å². The predicted molar refractivity (Wildman–Crippen MR) is 89.0 cm³/mol. The topological polar surface area (TPSA) is 64.0 Å². The van der Waals surface area contributed by atoms with Crippen molar-refractivity contribution in [1.82, 2.24) is 15.1 Å². The summed E-state index contributed by atoms with van der Waals surface area (Å²) in [6, 6.07) is 11.8. The lowest BCUT2D eigenvalue weighted by Crippen LogP contribution is -2.28. The number of amides is 1. The number of carbonyl (C=O) groups excluding carboxylic acids is 1. The quantitative estimate of drug-likeness (QED) is 0.799. The molecule has 0 fully saturated rings. The molecule has 0 saturated heterocycles. The zero-order valence-corrected chi connectivity index (χ0v) is 13.1. The Morgan fingerprint density at radius 1 is 1.25 bits per heavy atom. The number of benzene rings is 2. The van der Waals surface area contributed by atoms with Crippen LogP contribution in [0.4, 0.5) is 4.39 Å². The number of aromatic nitrogens is 2. The van der Waals surface area contributed by atoms with E-state index in [2.05, 4.69) is 10.4 Å². The normalized spacial score (nSPS) is 10.8. The molecular formula is C18H16FN3O2. The van der Waals surface area contributed by atoms with Crippen LogP contribution >= 0.6 is 0 Å². The number of rotatable bonds is 4. The zero-order valence-electron chi connectivity index (χ0n) is 13.1. The molecule has 122 valence electrons. The Balaban J connectivity index is 1.72. The molecule has 1 aromatic heterocycles. The van der Waals surface area contributed by atoms with Crippen LogP contribution in [0.25, 0.3) is 10.9 Å². The van der Waals surface area contributed by atoms with E-state index in [-0.39, 0.29) is 30.2 Å². The molecule has 0 bridgehead atoms. The average molecular weight is 325 g/mol. The molecule has 0 spiro atoms. The third-order valence-corrected chi connectivity index (χ3v) is 3.78. The number of nitrogens with one attached hydrogen (secondary N) is 1. The second-order valence-electron chi connectivity index (χ2n) is 5.54. The number of aryl methyl sites for hydroxylation is 1. The van der Waals surface area contributed by atoms with E-state index in [0.717, 1.165) is 0 Å². The molecule has 1 amide bonds. The third-order valence-electron chi connectivity index (χ3n) is 3.78. The predicted octanol–water partition coefficient (Wildman–Crippen LogP) is 2.16. The van der Waals surface area contributed by atoms with Gasteiger partial charge in [0.2, 0.25) is 11.3 Å². The first kappa shape index (κ1) is 15.9. The Labute approximate surface area is 137 Å². The Hall–Kier alpha value is -3.02. The molecule has 0 radical (unpaired) electrons. The number of nitrogens with zero attached hydrogens (tertiary/aromatic N) is 2. The summed E-state index contributed by atoms with van der Waals surface area (Å²) in [7, 11) is 0. The molecule has 0 aliphatic carbocycles. The minimum absolute atomic E-state index is 0.0187. The van der Waals surface area contributed by atoms with E-state index < -0.39 is 0 Å². The summed E-state index contributed by atoms with van der Waals surface area (Å²) in [5.41, 5.74) is 1.66. The van der Waals surface area contributed by atoms with Gasteiger partial charge in [0.15, 0.2) is 0 Å². The van der Waals surface area contributed by atoms with Crippen LogP contribution in [0.5, 0.6) is 0 Å². The molecule has 3 rings (SSSR count). The van der Waals surface area contributed by atoms with Gasteiger partial charge in [0.1, 0.15) is 12.4 Å². The smallest absolute Gasteiger partial charge is 0.242 e. The highest BCUT2D eigenvalue weighted by Gasteiger charge is 2.08. The molecule has 0 aliphatic rings. The van der Waals surface area contributed by atoms with Crippen LogP contribution in [0.15, 0.2) is 53.5 Å². The molecule has 1 N–H and O–H groups in total. The summed E-state index contributed by atoms with van der Waals surface area (Å²) >= 11 is 0. The molecule has 0 saturated carbocycles. The fourth-order valence-corrected chi connectivity index (χ4v) is 2.43. The Morgan fingerprint density at radius 2 is 2.04 bits per heavy atom. The van der Waals surface area contributed by atoms with Gasteiger partial charge in [-0.05, 0) is 36.2 Å². The number of fused-ring (bicyclic) bond motifs is 1. The van der Waals surface area contributed by atoms with Crippen molar-refractivity contribution >= 4 is 16.8 Å². The maximum Gasteiger partial charge on any atom is 0.242 e. The number of hydrogen-bond acceptors (Lipinski definition) is 3. The molecular weight excluding hydrogens is 309 g/mol. The maximum atomic E-state index is 13.5. The van der Waals surface area contributed by atoms with Crippen molar-refractivity contribution in [1.29, 1.82) is 0 Å². The van der Waals surface area contributed by atoms with Gasteiger partial charge in [0.05, 0.1) is 11.7 Å². The van der Waals surface area contributed by atoms with Gasteiger partial charge in [-0.15, -0.1) is 0 Å². The van der Waals surface area contributed by atoms with Crippen molar-refractivity contribution < 1.29 is 9.18 Å². The van der Waals surface area contributed by atoms with Gasteiger partial charge in [-0.25, -0.2) is 4.39 Å². The van der Waals surface area contributed by atoms with Gasteiger partial charge in [0, 0.05) is 11.9 Å². The van der Waals surface area contributed by atoms with E-state index in [1.807, 2.05) is 0 Å². The van der Waals surface area contributed by atoms with E-state index in [1.165, 1.54) is 16.9 Å². The second kappa shape index (κ2) is 6.62. The second-order valence-corrected chi connectivity index (χ2v) is 5.54. The van der Waals surface area contributed by atoms with E-state index in [9.17, 15) is 14.0 Å². The van der Waals surface area contributed by atoms with Gasteiger partial charge >= 0.3 is 0 Å². The summed E-state index contributed by atoms with van der Waals surface area (Å²) < 4.78 is 15.0. The molecule has 0 unspecified atom stereocenters. The molecule has 0 aliphatic heterocycles. The van der Waals surface area contributed by atoms with Crippen LogP contribution in [0.1, 0.15) is 11.1 Å². The van der Waals surface area contributed by atoms with Crippen LogP contribution in [-0.4, -0.2) is 15.7 Å². The SMILES string of the molecule is Cc1ccc(CNC(=O)Cn2ncc(=O)c3ccccc32)cc1F. The molecule has 0 atom stereocenters. The van der Waals surface area contributed by atoms with Gasteiger partial charge in [-0.3, -0.25) is 14.3 Å². The number of carbonyl (C=O) groups is 1. The van der Waals surface area contributed by atoms with Crippen molar-refractivity contribution in [3.05, 3.63) is 75.8 Å². The minimum Gasteiger partial charge on any atom is -0.350 e. The van der Waals surface area contributed by atoms with E-state index in [0.29, 0.717) is 22.0 Å². The highest BCUT2D eigenvalue weighted by Crippen LogP contribution is 2.09. The van der Waals surface area contributed by atoms with Crippen LogP contribution in [0.3, 0.4) is 0 Å². The molecule has 3 aromatic rings. The van der Waals surface area contributed by atoms with Crippen molar-refractivity contribution in [3.8, 4) is 0 Å². The maximum absolute atomic E-state index is 13.5. The summed E-state index contributed by atoms with van der Waals surface area (Å²) in [4.78, 5) is 23.9.